The number of nitriles is 2. The van der Waals surface area contributed by atoms with Crippen molar-refractivity contribution < 1.29 is 13.2 Å². The molecule has 1 aliphatic heterocycles. The van der Waals surface area contributed by atoms with E-state index in [9.17, 15) is 13.2 Å². The highest BCUT2D eigenvalue weighted by Crippen LogP contribution is 2.28. The second kappa shape index (κ2) is 9.00. The Kier molecular flexibility index (Phi) is 6.98. The molecule has 26 heavy (non-hydrogen) atoms. The summed E-state index contributed by atoms with van der Waals surface area (Å²) in [5.41, 5.74) is 0.0771. The molecule has 0 radical (unpaired) electrons. The van der Waals surface area contributed by atoms with E-state index in [2.05, 4.69) is 0 Å². The summed E-state index contributed by atoms with van der Waals surface area (Å²) in [5, 5.41) is 17.7. The molecule has 0 saturated carbocycles. The zero-order valence-corrected chi connectivity index (χ0v) is 15.8. The number of hydrogen-bond acceptors (Lipinski definition) is 5. The van der Waals surface area contributed by atoms with Gasteiger partial charge in [-0.25, -0.2) is 8.42 Å². The third-order valence-electron chi connectivity index (χ3n) is 4.17. The van der Waals surface area contributed by atoms with E-state index in [0.717, 1.165) is 30.6 Å². The molecule has 1 heterocycles. The van der Waals surface area contributed by atoms with Crippen molar-refractivity contribution in [1.82, 2.24) is 9.21 Å². The third kappa shape index (κ3) is 4.53. The molecule has 7 nitrogen and oxygen atoms in total. The first-order chi connectivity index (χ1) is 12.4. The molecule has 0 aliphatic carbocycles. The topological polar surface area (TPSA) is 105 Å². The lowest BCUT2D eigenvalue weighted by Crippen LogP contribution is -2.33. The van der Waals surface area contributed by atoms with Crippen molar-refractivity contribution in [3.05, 3.63) is 28.8 Å². The van der Waals surface area contributed by atoms with Gasteiger partial charge in [0.1, 0.15) is 18.0 Å². The first-order valence-corrected chi connectivity index (χ1v) is 10.1. The maximum absolute atomic E-state index is 13.0. The number of rotatable bonds is 5. The van der Waals surface area contributed by atoms with Crippen molar-refractivity contribution >= 4 is 27.5 Å². The second-order valence-electron chi connectivity index (χ2n) is 5.94. The molecule has 0 aromatic heterocycles. The molecule has 0 bridgehead atoms. The van der Waals surface area contributed by atoms with Crippen LogP contribution in [-0.4, -0.2) is 49.7 Å². The van der Waals surface area contributed by atoms with Crippen molar-refractivity contribution in [3.63, 3.8) is 0 Å². The Labute approximate surface area is 158 Å². The van der Waals surface area contributed by atoms with Crippen molar-refractivity contribution in [2.24, 2.45) is 0 Å². The molecular weight excluding hydrogens is 376 g/mol. The highest BCUT2D eigenvalue weighted by molar-refractivity contribution is 7.89. The first-order valence-electron chi connectivity index (χ1n) is 8.24. The number of hydrogen-bond donors (Lipinski definition) is 0. The molecule has 0 unspecified atom stereocenters. The van der Waals surface area contributed by atoms with Gasteiger partial charge in [0.25, 0.3) is 5.91 Å². The number of halogens is 1. The minimum Gasteiger partial charge on any atom is -0.312 e. The maximum atomic E-state index is 13.0. The van der Waals surface area contributed by atoms with Crippen LogP contribution in [0.3, 0.4) is 0 Å². The van der Waals surface area contributed by atoms with Gasteiger partial charge in [0.2, 0.25) is 10.0 Å². The molecule has 0 spiro atoms. The van der Waals surface area contributed by atoms with Gasteiger partial charge in [-0.05, 0) is 31.0 Å². The number of nitrogens with zero attached hydrogens (tertiary/aromatic N) is 4. The number of carbonyl (C=O) groups excluding carboxylic acids is 1. The molecule has 1 fully saturated rings. The minimum absolute atomic E-state index is 0.0397. The summed E-state index contributed by atoms with van der Waals surface area (Å²) < 4.78 is 27.3. The van der Waals surface area contributed by atoms with Gasteiger partial charge in [0.05, 0.1) is 17.2 Å². The maximum Gasteiger partial charge on any atom is 0.255 e. The van der Waals surface area contributed by atoms with Gasteiger partial charge >= 0.3 is 0 Å². The van der Waals surface area contributed by atoms with Gasteiger partial charge in [-0.2, -0.15) is 14.8 Å². The van der Waals surface area contributed by atoms with E-state index in [4.69, 9.17) is 22.1 Å². The Morgan fingerprint density at radius 2 is 1.69 bits per heavy atom. The molecule has 1 aromatic carbocycles. The van der Waals surface area contributed by atoms with E-state index in [0.29, 0.717) is 13.1 Å². The fourth-order valence-electron chi connectivity index (χ4n) is 2.81. The average molecular weight is 395 g/mol. The normalized spacial score (nSPS) is 15.5. The Morgan fingerprint density at radius 3 is 2.23 bits per heavy atom. The minimum atomic E-state index is -3.82. The van der Waals surface area contributed by atoms with Crippen LogP contribution in [0.4, 0.5) is 0 Å². The van der Waals surface area contributed by atoms with Crippen LogP contribution < -0.4 is 0 Å². The fourth-order valence-corrected chi connectivity index (χ4v) is 4.83. The summed E-state index contributed by atoms with van der Waals surface area (Å²) in [6.45, 7) is 0.324. The van der Waals surface area contributed by atoms with Crippen molar-refractivity contribution in [3.8, 4) is 12.1 Å². The zero-order chi connectivity index (χ0) is 19.2. The SMILES string of the molecule is N#CCN(CC#N)C(=O)c1ccc(Cl)c(S(=O)(=O)N2CCCCCC2)c1. The zero-order valence-electron chi connectivity index (χ0n) is 14.2. The van der Waals surface area contributed by atoms with E-state index in [1.165, 1.54) is 22.5 Å². The van der Waals surface area contributed by atoms with Crippen LogP contribution in [0, 0.1) is 22.7 Å². The van der Waals surface area contributed by atoms with Crippen LogP contribution in [0.2, 0.25) is 5.02 Å². The Morgan fingerprint density at radius 1 is 1.12 bits per heavy atom. The smallest absolute Gasteiger partial charge is 0.255 e. The lowest BCUT2D eigenvalue weighted by atomic mass is 10.2. The lowest BCUT2D eigenvalue weighted by Gasteiger charge is -2.21. The number of carbonyl (C=O) groups is 1. The molecule has 9 heteroatoms. The van der Waals surface area contributed by atoms with Crippen molar-refractivity contribution in [1.29, 1.82) is 10.5 Å². The largest absolute Gasteiger partial charge is 0.312 e. The standard InChI is InChI=1S/C17H19ClN4O3S/c18-15-6-5-14(17(23)21(11-7-19)12-8-20)13-16(15)26(24,25)22-9-3-1-2-4-10-22/h5-6,13H,1-4,9-12H2. The van der Waals surface area contributed by atoms with Crippen LogP contribution in [0.5, 0.6) is 0 Å². The lowest BCUT2D eigenvalue weighted by molar-refractivity contribution is 0.0794. The summed E-state index contributed by atoms with van der Waals surface area (Å²) >= 11 is 6.11. The van der Waals surface area contributed by atoms with Crippen LogP contribution in [0.15, 0.2) is 23.1 Å². The second-order valence-corrected chi connectivity index (χ2v) is 8.25. The number of amides is 1. The van der Waals surface area contributed by atoms with Gasteiger partial charge in [-0.3, -0.25) is 4.79 Å². The first kappa shape index (κ1) is 20.2. The van der Waals surface area contributed by atoms with Gasteiger partial charge in [-0.1, -0.05) is 24.4 Å². The van der Waals surface area contributed by atoms with Gasteiger partial charge < -0.3 is 4.90 Å². The van der Waals surface area contributed by atoms with Crippen molar-refractivity contribution in [2.45, 2.75) is 30.6 Å². The quantitative estimate of drug-likeness (QED) is 0.713. The third-order valence-corrected chi connectivity index (χ3v) is 6.55. The van der Waals surface area contributed by atoms with Gasteiger partial charge in [0, 0.05) is 18.7 Å². The van der Waals surface area contributed by atoms with Crippen LogP contribution in [-0.2, 0) is 10.0 Å². The molecule has 0 N–H and O–H groups in total. The van der Waals surface area contributed by atoms with Crippen LogP contribution in [0.25, 0.3) is 0 Å². The van der Waals surface area contributed by atoms with Gasteiger partial charge in [0.15, 0.2) is 0 Å². The van der Waals surface area contributed by atoms with E-state index >= 15 is 0 Å². The Bertz CT molecular complexity index is 834. The Hall–Kier alpha value is -2.13. The molecule has 1 saturated heterocycles. The van der Waals surface area contributed by atoms with Crippen LogP contribution >= 0.6 is 11.6 Å². The summed E-state index contributed by atoms with van der Waals surface area (Å²) in [4.78, 5) is 13.4. The highest BCUT2D eigenvalue weighted by atomic mass is 35.5. The highest BCUT2D eigenvalue weighted by Gasteiger charge is 2.28. The molecule has 0 atom stereocenters. The monoisotopic (exact) mass is 394 g/mol. The molecule has 1 aliphatic rings. The molecule has 1 amide bonds. The molecule has 1 aromatic rings. The van der Waals surface area contributed by atoms with E-state index in [-0.39, 0.29) is 28.6 Å². The average Bonchev–Trinajstić information content (AvgIpc) is 2.91. The van der Waals surface area contributed by atoms with E-state index in [1.807, 2.05) is 12.1 Å². The number of benzene rings is 1. The predicted molar refractivity (Wildman–Crippen MR) is 95.8 cm³/mol. The molecular formula is C17H19ClN4O3S. The molecule has 138 valence electrons. The summed E-state index contributed by atoms with van der Waals surface area (Å²) in [6, 6.07) is 7.62. The fraction of sp³-hybridized carbons (Fsp3) is 0.471. The summed E-state index contributed by atoms with van der Waals surface area (Å²) in [5.74, 6) is -0.586. The van der Waals surface area contributed by atoms with E-state index < -0.39 is 15.9 Å². The Balaban J connectivity index is 2.39. The van der Waals surface area contributed by atoms with Gasteiger partial charge in [-0.15, -0.1) is 0 Å². The molecule has 2 rings (SSSR count). The van der Waals surface area contributed by atoms with Crippen LogP contribution in [0.1, 0.15) is 36.0 Å². The van der Waals surface area contributed by atoms with Crippen molar-refractivity contribution in [2.75, 3.05) is 26.2 Å². The summed E-state index contributed by atoms with van der Waals surface area (Å²) in [7, 11) is -3.82. The predicted octanol–water partition coefficient (Wildman–Crippen LogP) is 2.39. The van der Waals surface area contributed by atoms with E-state index in [1.54, 1.807) is 0 Å². The number of sulfonamides is 1. The summed E-state index contributed by atoms with van der Waals surface area (Å²) in [6.07, 6.45) is 3.53.